The summed E-state index contributed by atoms with van der Waals surface area (Å²) < 4.78 is 29.1. The lowest BCUT2D eigenvalue weighted by atomic mass is 9.99. The maximum absolute atomic E-state index is 12.3. The number of guanidine groups is 1. The van der Waals surface area contributed by atoms with E-state index in [1.807, 2.05) is 6.92 Å². The number of hydrogen-bond acceptors (Lipinski definition) is 4. The van der Waals surface area contributed by atoms with Crippen LogP contribution in [0, 0.1) is 5.92 Å². The number of nitrogens with zero attached hydrogens (tertiary/aromatic N) is 1. The maximum Gasteiger partial charge on any atom is 0.191 e. The lowest BCUT2D eigenvalue weighted by Gasteiger charge is -2.34. The molecule has 0 aromatic rings. The molecule has 0 aliphatic carbocycles. The Balaban J connectivity index is 2.80. The lowest BCUT2D eigenvalue weighted by molar-refractivity contribution is 0.0768. The molecule has 1 aliphatic heterocycles. The third kappa shape index (κ3) is 5.95. The summed E-state index contributed by atoms with van der Waals surface area (Å²) in [5.74, 6) is 1.31. The molecule has 0 radical (unpaired) electrons. The summed E-state index contributed by atoms with van der Waals surface area (Å²) in [6, 6.07) is 0. The summed E-state index contributed by atoms with van der Waals surface area (Å²) in [6.07, 6.45) is 4.59. The topological polar surface area (TPSA) is 79.8 Å². The Labute approximate surface area is 141 Å². The number of nitrogens with one attached hydrogen (secondary N) is 2. The molecule has 1 heterocycles. The summed E-state index contributed by atoms with van der Waals surface area (Å²) in [6.45, 7) is 9.24. The Morgan fingerprint density at radius 1 is 1.17 bits per heavy atom. The van der Waals surface area contributed by atoms with E-state index in [1.54, 1.807) is 0 Å². The fraction of sp³-hybridized carbons (Fsp3) is 0.938. The van der Waals surface area contributed by atoms with Crippen LogP contribution in [0.3, 0.4) is 0 Å². The molecule has 0 spiro atoms. The molecule has 0 aromatic heterocycles. The van der Waals surface area contributed by atoms with Gasteiger partial charge in [0.05, 0.1) is 11.3 Å². The Morgan fingerprint density at radius 3 is 2.26 bits per heavy atom. The van der Waals surface area contributed by atoms with E-state index < -0.39 is 14.6 Å². The van der Waals surface area contributed by atoms with Crippen LogP contribution >= 0.6 is 0 Å². The standard InChI is InChI=1S/C16H33N3O3S/c1-5-14(6-2)12-18-15(17-7-3)19-13-16(23(4,20)21)8-10-22-11-9-16/h14H,5-13H2,1-4H3,(H2,17,18,19). The third-order valence-corrected chi connectivity index (χ3v) is 6.88. The number of aliphatic imine (C=N–C) groups is 1. The van der Waals surface area contributed by atoms with Gasteiger partial charge >= 0.3 is 0 Å². The van der Waals surface area contributed by atoms with Gasteiger partial charge in [0, 0.05) is 32.6 Å². The average molecular weight is 348 g/mol. The molecule has 0 atom stereocenters. The second-order valence-corrected chi connectivity index (χ2v) is 8.74. The van der Waals surface area contributed by atoms with Crippen LogP contribution in [0.15, 0.2) is 4.99 Å². The van der Waals surface area contributed by atoms with E-state index in [0.717, 1.165) is 25.9 Å². The van der Waals surface area contributed by atoms with Gasteiger partial charge in [-0.2, -0.15) is 0 Å². The van der Waals surface area contributed by atoms with E-state index in [4.69, 9.17) is 4.74 Å². The monoisotopic (exact) mass is 347 g/mol. The van der Waals surface area contributed by atoms with Crippen LogP contribution < -0.4 is 10.6 Å². The normalized spacial score (nSPS) is 18.9. The van der Waals surface area contributed by atoms with Gasteiger partial charge in [0.2, 0.25) is 0 Å². The first kappa shape index (κ1) is 20.2. The fourth-order valence-corrected chi connectivity index (χ4v) is 3.98. The second-order valence-electron chi connectivity index (χ2n) is 6.33. The van der Waals surface area contributed by atoms with Crippen molar-refractivity contribution in [2.24, 2.45) is 10.9 Å². The fourth-order valence-electron chi connectivity index (χ4n) is 2.77. The van der Waals surface area contributed by atoms with Crippen molar-refractivity contribution in [2.75, 3.05) is 39.1 Å². The van der Waals surface area contributed by atoms with Gasteiger partial charge in [-0.3, -0.25) is 4.99 Å². The van der Waals surface area contributed by atoms with Crippen molar-refractivity contribution in [1.82, 2.24) is 10.6 Å². The molecule has 0 aromatic carbocycles. The average Bonchev–Trinajstić information content (AvgIpc) is 2.53. The molecule has 1 rings (SSSR count). The van der Waals surface area contributed by atoms with Crippen LogP contribution in [-0.2, 0) is 14.6 Å². The number of rotatable bonds is 8. The summed E-state index contributed by atoms with van der Waals surface area (Å²) in [5, 5.41) is 6.55. The molecule has 0 amide bonds. The summed E-state index contributed by atoms with van der Waals surface area (Å²) in [5.41, 5.74) is 0. The molecule has 0 unspecified atom stereocenters. The molecule has 0 bridgehead atoms. The van der Waals surface area contributed by atoms with Crippen molar-refractivity contribution >= 4 is 15.8 Å². The van der Waals surface area contributed by atoms with E-state index >= 15 is 0 Å². The molecule has 136 valence electrons. The van der Waals surface area contributed by atoms with Crippen LogP contribution in [0.2, 0.25) is 0 Å². The van der Waals surface area contributed by atoms with Gasteiger partial charge in [0.1, 0.15) is 0 Å². The van der Waals surface area contributed by atoms with Gasteiger partial charge in [-0.15, -0.1) is 0 Å². The van der Waals surface area contributed by atoms with Gasteiger partial charge in [-0.25, -0.2) is 8.42 Å². The van der Waals surface area contributed by atoms with Gasteiger partial charge in [-0.05, 0) is 25.7 Å². The highest BCUT2D eigenvalue weighted by Crippen LogP contribution is 2.29. The van der Waals surface area contributed by atoms with Crippen LogP contribution in [-0.4, -0.2) is 58.2 Å². The number of sulfone groups is 1. The lowest BCUT2D eigenvalue weighted by Crippen LogP contribution is -2.47. The van der Waals surface area contributed by atoms with Crippen molar-refractivity contribution < 1.29 is 13.2 Å². The van der Waals surface area contributed by atoms with Crippen molar-refractivity contribution in [3.8, 4) is 0 Å². The first-order chi connectivity index (χ1) is 10.9. The van der Waals surface area contributed by atoms with Crippen LogP contribution in [0.4, 0.5) is 0 Å². The molecule has 1 fully saturated rings. The summed E-state index contributed by atoms with van der Waals surface area (Å²) >= 11 is 0. The smallest absolute Gasteiger partial charge is 0.191 e. The minimum Gasteiger partial charge on any atom is -0.381 e. The van der Waals surface area contributed by atoms with Crippen LogP contribution in [0.25, 0.3) is 0 Å². The van der Waals surface area contributed by atoms with Crippen molar-refractivity contribution in [3.05, 3.63) is 0 Å². The van der Waals surface area contributed by atoms with Crippen LogP contribution in [0.5, 0.6) is 0 Å². The summed E-state index contributed by atoms with van der Waals surface area (Å²) in [7, 11) is -3.18. The van der Waals surface area contributed by atoms with Crippen molar-refractivity contribution in [2.45, 2.75) is 51.2 Å². The molecule has 23 heavy (non-hydrogen) atoms. The number of ether oxygens (including phenoxy) is 1. The molecule has 6 nitrogen and oxygen atoms in total. The highest BCUT2D eigenvalue weighted by atomic mass is 32.2. The zero-order chi connectivity index (χ0) is 17.3. The molecular weight excluding hydrogens is 314 g/mol. The molecule has 7 heteroatoms. The van der Waals surface area contributed by atoms with Crippen molar-refractivity contribution in [1.29, 1.82) is 0 Å². The Kier molecular flexibility index (Phi) is 8.33. The third-order valence-electron chi connectivity index (χ3n) is 4.77. The minimum atomic E-state index is -3.18. The van der Waals surface area contributed by atoms with E-state index in [1.165, 1.54) is 6.26 Å². The van der Waals surface area contributed by atoms with Gasteiger partial charge in [0.25, 0.3) is 0 Å². The largest absolute Gasteiger partial charge is 0.381 e. The quantitative estimate of drug-likeness (QED) is 0.515. The second kappa shape index (κ2) is 9.47. The Bertz CT molecular complexity index is 467. The Morgan fingerprint density at radius 2 is 1.78 bits per heavy atom. The SMILES string of the molecule is CCNC(=NCC1(S(C)(=O)=O)CCOCC1)NCC(CC)CC. The zero-order valence-electron chi connectivity index (χ0n) is 15.0. The Hall–Kier alpha value is -0.820. The van der Waals surface area contributed by atoms with Gasteiger partial charge in [0.15, 0.2) is 15.8 Å². The van der Waals surface area contributed by atoms with E-state index in [9.17, 15) is 8.42 Å². The van der Waals surface area contributed by atoms with E-state index in [-0.39, 0.29) is 6.54 Å². The van der Waals surface area contributed by atoms with Crippen molar-refractivity contribution in [3.63, 3.8) is 0 Å². The highest BCUT2D eigenvalue weighted by Gasteiger charge is 2.42. The molecule has 1 aliphatic rings. The predicted octanol–water partition coefficient (Wildman–Crippen LogP) is 1.57. The van der Waals surface area contributed by atoms with Gasteiger partial charge in [-0.1, -0.05) is 26.7 Å². The molecule has 2 N–H and O–H groups in total. The van der Waals surface area contributed by atoms with E-state index in [2.05, 4.69) is 29.5 Å². The highest BCUT2D eigenvalue weighted by molar-refractivity contribution is 7.92. The number of hydrogen-bond donors (Lipinski definition) is 2. The molecule has 0 saturated carbocycles. The molecule has 1 saturated heterocycles. The van der Waals surface area contributed by atoms with Gasteiger partial charge < -0.3 is 15.4 Å². The first-order valence-electron chi connectivity index (χ1n) is 8.68. The maximum atomic E-state index is 12.3. The zero-order valence-corrected chi connectivity index (χ0v) is 15.8. The molecular formula is C16H33N3O3S. The first-order valence-corrected chi connectivity index (χ1v) is 10.6. The summed E-state index contributed by atoms with van der Waals surface area (Å²) in [4.78, 5) is 4.58. The van der Waals surface area contributed by atoms with Crippen LogP contribution in [0.1, 0.15) is 46.5 Å². The van der Waals surface area contributed by atoms with E-state index in [0.29, 0.717) is 37.9 Å². The predicted molar refractivity (Wildman–Crippen MR) is 95.7 cm³/mol. The minimum absolute atomic E-state index is 0.285.